The van der Waals surface area contributed by atoms with Crippen LogP contribution in [0.25, 0.3) is 11.0 Å². The molecule has 36 heavy (non-hydrogen) atoms. The van der Waals surface area contributed by atoms with Gasteiger partial charge >= 0.3 is 6.18 Å². The number of fused-ring (bicyclic) bond motifs is 1. The van der Waals surface area contributed by atoms with Gasteiger partial charge in [-0.2, -0.15) is 13.2 Å². The van der Waals surface area contributed by atoms with Crippen molar-refractivity contribution in [2.45, 2.75) is 69.4 Å². The Hall–Kier alpha value is -3.22. The Bertz CT molecular complexity index is 1130. The molecular formula is C23H30F3N7O3. The van der Waals surface area contributed by atoms with Crippen LogP contribution in [0.5, 0.6) is 0 Å². The van der Waals surface area contributed by atoms with E-state index in [4.69, 9.17) is 5.73 Å². The van der Waals surface area contributed by atoms with Crippen LogP contribution >= 0.6 is 0 Å². The van der Waals surface area contributed by atoms with Gasteiger partial charge in [0.15, 0.2) is 0 Å². The Morgan fingerprint density at radius 2 is 2.00 bits per heavy atom. The van der Waals surface area contributed by atoms with E-state index in [-0.39, 0.29) is 31.3 Å². The first-order valence-corrected chi connectivity index (χ1v) is 12.0. The Morgan fingerprint density at radius 1 is 1.25 bits per heavy atom. The molecule has 13 heteroatoms. The van der Waals surface area contributed by atoms with Gasteiger partial charge in [0.1, 0.15) is 11.6 Å². The Kier molecular flexibility index (Phi) is 7.48. The molecule has 3 amide bonds. The molecule has 1 aliphatic heterocycles. The quantitative estimate of drug-likeness (QED) is 0.489. The third kappa shape index (κ3) is 5.77. The van der Waals surface area contributed by atoms with Crippen LogP contribution in [0.3, 0.4) is 0 Å². The fourth-order valence-corrected chi connectivity index (χ4v) is 4.54. The Labute approximate surface area is 205 Å². The predicted molar refractivity (Wildman–Crippen MR) is 123 cm³/mol. The molecule has 0 spiro atoms. The molecule has 1 aliphatic carbocycles. The number of halogens is 3. The number of nitrogens with zero attached hydrogens (tertiary/aromatic N) is 4. The number of nitrogens with two attached hydrogens (primary N) is 1. The molecular weight excluding hydrogens is 479 g/mol. The Balaban J connectivity index is 1.38. The first-order chi connectivity index (χ1) is 17.0. The van der Waals surface area contributed by atoms with Crippen molar-refractivity contribution in [3.63, 3.8) is 0 Å². The average molecular weight is 510 g/mol. The summed E-state index contributed by atoms with van der Waals surface area (Å²) in [5.41, 5.74) is 8.06. The number of carbonyl (C=O) groups is 3. The minimum absolute atomic E-state index is 0.0122. The summed E-state index contributed by atoms with van der Waals surface area (Å²) in [5.74, 6) is -3.53. The summed E-state index contributed by atoms with van der Waals surface area (Å²) in [4.78, 5) is 38.8. The zero-order chi connectivity index (χ0) is 26.0. The lowest BCUT2D eigenvalue weighted by atomic mass is 9.93. The van der Waals surface area contributed by atoms with Crippen LogP contribution in [0.4, 0.5) is 13.2 Å². The fraction of sp³-hybridized carbons (Fsp3) is 0.609. The molecule has 2 aromatic rings. The average Bonchev–Trinajstić information content (AvgIpc) is 3.42. The van der Waals surface area contributed by atoms with Crippen LogP contribution in [0.15, 0.2) is 18.2 Å². The van der Waals surface area contributed by atoms with Crippen molar-refractivity contribution in [3.05, 3.63) is 23.8 Å². The lowest BCUT2D eigenvalue weighted by molar-refractivity contribution is -0.171. The number of carbonyl (C=O) groups excluding carboxylic acids is 3. The Morgan fingerprint density at radius 3 is 2.67 bits per heavy atom. The van der Waals surface area contributed by atoms with Crippen LogP contribution in [0.2, 0.25) is 0 Å². The highest BCUT2D eigenvalue weighted by Crippen LogP contribution is 2.37. The van der Waals surface area contributed by atoms with Gasteiger partial charge in [0.2, 0.25) is 17.7 Å². The van der Waals surface area contributed by atoms with Crippen LogP contribution in [0, 0.1) is 5.92 Å². The zero-order valence-corrected chi connectivity index (χ0v) is 19.9. The topological polar surface area (TPSA) is 135 Å². The molecule has 3 atom stereocenters. The third-order valence-corrected chi connectivity index (χ3v) is 6.96. The number of amides is 3. The third-order valence-electron chi connectivity index (χ3n) is 6.96. The normalized spacial score (nSPS) is 21.3. The smallest absolute Gasteiger partial charge is 0.353 e. The summed E-state index contributed by atoms with van der Waals surface area (Å²) in [6.07, 6.45) is -2.26. The van der Waals surface area contributed by atoms with Gasteiger partial charge in [0.05, 0.1) is 17.5 Å². The molecule has 1 saturated carbocycles. The first kappa shape index (κ1) is 25.9. The van der Waals surface area contributed by atoms with Crippen molar-refractivity contribution in [2.24, 2.45) is 18.7 Å². The summed E-state index contributed by atoms with van der Waals surface area (Å²) in [6.45, 7) is -0.595. The van der Waals surface area contributed by atoms with Gasteiger partial charge in [0, 0.05) is 32.6 Å². The molecule has 1 aromatic carbocycles. The largest absolute Gasteiger partial charge is 0.393 e. The molecule has 196 valence electrons. The first-order valence-electron chi connectivity index (χ1n) is 12.0. The van der Waals surface area contributed by atoms with E-state index in [9.17, 15) is 27.6 Å². The van der Waals surface area contributed by atoms with E-state index < -0.39 is 49.0 Å². The SMILES string of the molecule is Cn1nnc2cc(CNC(=O)C3CC(C(F)(F)F)CN3C(=O)[C@@H](N)CCC(=O)NC3CCC3)ccc21. The minimum Gasteiger partial charge on any atom is -0.353 e. The van der Waals surface area contributed by atoms with Crippen molar-refractivity contribution < 1.29 is 27.6 Å². The number of hydrogen-bond donors (Lipinski definition) is 3. The van der Waals surface area contributed by atoms with Crippen molar-refractivity contribution in [2.75, 3.05) is 6.54 Å². The molecule has 0 bridgehead atoms. The summed E-state index contributed by atoms with van der Waals surface area (Å²) < 4.78 is 42.0. The van der Waals surface area contributed by atoms with Gasteiger partial charge in [0.25, 0.3) is 0 Å². The highest BCUT2D eigenvalue weighted by atomic mass is 19.4. The van der Waals surface area contributed by atoms with E-state index >= 15 is 0 Å². The van der Waals surface area contributed by atoms with E-state index in [0.29, 0.717) is 11.1 Å². The fourth-order valence-electron chi connectivity index (χ4n) is 4.54. The van der Waals surface area contributed by atoms with E-state index in [0.717, 1.165) is 29.7 Å². The molecule has 10 nitrogen and oxygen atoms in total. The molecule has 1 saturated heterocycles. The molecule has 2 heterocycles. The summed E-state index contributed by atoms with van der Waals surface area (Å²) >= 11 is 0. The van der Waals surface area contributed by atoms with E-state index in [2.05, 4.69) is 20.9 Å². The molecule has 2 aliphatic rings. The zero-order valence-electron chi connectivity index (χ0n) is 19.9. The number of alkyl halides is 3. The van der Waals surface area contributed by atoms with E-state index in [1.165, 1.54) is 0 Å². The van der Waals surface area contributed by atoms with Crippen molar-refractivity contribution in [1.82, 2.24) is 30.5 Å². The maximum absolute atomic E-state index is 13.5. The summed E-state index contributed by atoms with van der Waals surface area (Å²) in [5, 5.41) is 13.4. The van der Waals surface area contributed by atoms with Crippen molar-refractivity contribution in [1.29, 1.82) is 0 Å². The number of rotatable bonds is 8. The lowest BCUT2D eigenvalue weighted by Gasteiger charge is -2.28. The summed E-state index contributed by atoms with van der Waals surface area (Å²) in [7, 11) is 1.74. The van der Waals surface area contributed by atoms with Crippen LogP contribution < -0.4 is 16.4 Å². The van der Waals surface area contributed by atoms with Gasteiger partial charge in [-0.25, -0.2) is 4.68 Å². The second-order valence-corrected chi connectivity index (χ2v) is 9.58. The van der Waals surface area contributed by atoms with Crippen LogP contribution in [-0.4, -0.2) is 68.5 Å². The standard InChI is InChI=1S/C23H30F3N7O3/c1-32-18-7-5-13(9-17(18)30-31-32)11-28-21(35)19-10-14(23(24,25)26)12-33(19)22(36)16(27)6-8-20(34)29-15-3-2-4-15/h5,7,9,14-16,19H,2-4,6,8,10-12,27H2,1H3,(H,28,35)(H,29,34)/t14?,16-,19?/m0/s1. The number of likely N-dealkylation sites (tertiary alicyclic amines) is 1. The highest BCUT2D eigenvalue weighted by Gasteiger charge is 2.51. The molecule has 4 rings (SSSR count). The lowest BCUT2D eigenvalue weighted by Crippen LogP contribution is -2.51. The number of hydrogen-bond acceptors (Lipinski definition) is 6. The molecule has 4 N–H and O–H groups in total. The maximum atomic E-state index is 13.5. The minimum atomic E-state index is -4.56. The predicted octanol–water partition coefficient (Wildman–Crippen LogP) is 1.14. The van der Waals surface area contributed by atoms with Crippen molar-refractivity contribution in [3.8, 4) is 0 Å². The molecule has 0 radical (unpaired) electrons. The van der Waals surface area contributed by atoms with E-state index in [1.54, 1.807) is 29.9 Å². The number of aromatic nitrogens is 3. The molecule has 1 aromatic heterocycles. The molecule has 2 unspecified atom stereocenters. The number of nitrogens with one attached hydrogen (secondary N) is 2. The van der Waals surface area contributed by atoms with Crippen LogP contribution in [-0.2, 0) is 28.0 Å². The highest BCUT2D eigenvalue weighted by molar-refractivity contribution is 5.91. The van der Waals surface area contributed by atoms with Gasteiger partial charge in [-0.05, 0) is 49.8 Å². The number of aryl methyl sites for hydroxylation is 1. The number of benzene rings is 1. The van der Waals surface area contributed by atoms with E-state index in [1.807, 2.05) is 0 Å². The van der Waals surface area contributed by atoms with Gasteiger partial charge in [-0.1, -0.05) is 11.3 Å². The van der Waals surface area contributed by atoms with Gasteiger partial charge in [-0.3, -0.25) is 14.4 Å². The van der Waals surface area contributed by atoms with Gasteiger partial charge < -0.3 is 21.3 Å². The summed E-state index contributed by atoms with van der Waals surface area (Å²) in [6, 6.07) is 2.91. The second-order valence-electron chi connectivity index (χ2n) is 9.58. The second kappa shape index (κ2) is 10.4. The van der Waals surface area contributed by atoms with Crippen LogP contribution in [0.1, 0.15) is 44.1 Å². The van der Waals surface area contributed by atoms with Crippen molar-refractivity contribution >= 4 is 28.8 Å². The maximum Gasteiger partial charge on any atom is 0.393 e. The monoisotopic (exact) mass is 509 g/mol. The molecule has 2 fully saturated rings. The van der Waals surface area contributed by atoms with Gasteiger partial charge in [-0.15, -0.1) is 5.10 Å².